The quantitative estimate of drug-likeness (QED) is 0.584. The summed E-state index contributed by atoms with van der Waals surface area (Å²) in [4.78, 5) is 15.7. The van der Waals surface area contributed by atoms with E-state index < -0.39 is 5.60 Å². The highest BCUT2D eigenvalue weighted by Gasteiger charge is 2.41. The summed E-state index contributed by atoms with van der Waals surface area (Å²) in [6.07, 6.45) is 5.42. The summed E-state index contributed by atoms with van der Waals surface area (Å²) in [5.74, 6) is 0.467. The highest BCUT2D eigenvalue weighted by molar-refractivity contribution is 5.88. The summed E-state index contributed by atoms with van der Waals surface area (Å²) >= 11 is 0. The van der Waals surface area contributed by atoms with Crippen LogP contribution in [-0.4, -0.2) is 43.4 Å². The third kappa shape index (κ3) is 4.68. The average Bonchev–Trinajstić information content (AvgIpc) is 3.50. The van der Waals surface area contributed by atoms with Gasteiger partial charge in [-0.3, -0.25) is 9.48 Å². The second-order valence-corrected chi connectivity index (χ2v) is 11.1. The van der Waals surface area contributed by atoms with Gasteiger partial charge in [0.15, 0.2) is 0 Å². The highest BCUT2D eigenvalue weighted by Crippen LogP contribution is 2.46. The summed E-state index contributed by atoms with van der Waals surface area (Å²) in [5.41, 5.74) is 1.84. The van der Waals surface area contributed by atoms with Crippen molar-refractivity contribution in [2.45, 2.75) is 109 Å². The molecule has 1 heterocycles. The molecule has 1 amide bonds. The van der Waals surface area contributed by atoms with Gasteiger partial charge in [0.1, 0.15) is 5.82 Å². The molecule has 6 heteroatoms. The number of aryl methyl sites for hydroxylation is 1. The molecule has 1 aromatic carbocycles. The molecule has 0 bridgehead atoms. The fourth-order valence-corrected chi connectivity index (χ4v) is 6.18. The number of hydrogen-bond acceptors (Lipinski definition) is 3. The smallest absolute Gasteiger partial charge is 0.223 e. The van der Waals surface area contributed by atoms with Gasteiger partial charge in [-0.2, -0.15) is 5.10 Å². The van der Waals surface area contributed by atoms with Crippen molar-refractivity contribution < 1.29 is 14.3 Å². The molecule has 4 atom stereocenters. The van der Waals surface area contributed by atoms with Crippen molar-refractivity contribution in [3.63, 3.8) is 0 Å². The van der Waals surface area contributed by atoms with Crippen LogP contribution >= 0.6 is 0 Å². The molecule has 0 spiro atoms. The minimum atomic E-state index is -0.699. The lowest BCUT2D eigenvalue weighted by Crippen LogP contribution is -2.52. The molecule has 4 rings (SSSR count). The van der Waals surface area contributed by atoms with Crippen LogP contribution in [0.15, 0.2) is 12.1 Å². The van der Waals surface area contributed by atoms with Crippen LogP contribution in [0.5, 0.6) is 0 Å². The molecule has 2 aliphatic carbocycles. The van der Waals surface area contributed by atoms with Gasteiger partial charge in [-0.1, -0.05) is 20.8 Å². The van der Waals surface area contributed by atoms with Crippen LogP contribution in [0.25, 0.3) is 10.9 Å². The molecule has 4 unspecified atom stereocenters. The van der Waals surface area contributed by atoms with Crippen LogP contribution in [0.2, 0.25) is 0 Å². The van der Waals surface area contributed by atoms with Gasteiger partial charge < -0.3 is 10.0 Å². The Balaban J connectivity index is 1.61. The number of aliphatic hydroxyl groups is 1. The first-order chi connectivity index (χ1) is 15.5. The summed E-state index contributed by atoms with van der Waals surface area (Å²) in [5, 5.41) is 16.7. The third-order valence-electron chi connectivity index (χ3n) is 7.88. The molecule has 2 aliphatic rings. The van der Waals surface area contributed by atoms with Crippen LogP contribution in [0, 0.1) is 11.7 Å². The summed E-state index contributed by atoms with van der Waals surface area (Å²) in [6.45, 7) is 10.4. The Labute approximate surface area is 197 Å². The van der Waals surface area contributed by atoms with Crippen molar-refractivity contribution in [2.75, 3.05) is 0 Å². The van der Waals surface area contributed by atoms with Crippen LogP contribution in [0.3, 0.4) is 0 Å². The zero-order valence-corrected chi connectivity index (χ0v) is 21.1. The molecular weight excluding hydrogens is 417 g/mol. The first kappa shape index (κ1) is 24.2. The largest absolute Gasteiger partial charge is 0.390 e. The fraction of sp³-hybridized carbons (Fsp3) is 0.704. The summed E-state index contributed by atoms with van der Waals surface area (Å²) < 4.78 is 16.6. The number of carbonyl (C=O) groups excluding carboxylic acids is 1. The molecule has 182 valence electrons. The maximum absolute atomic E-state index is 14.8. The van der Waals surface area contributed by atoms with Gasteiger partial charge in [-0.05, 0) is 76.3 Å². The van der Waals surface area contributed by atoms with Gasteiger partial charge in [0.25, 0.3) is 0 Å². The number of aromatic nitrogens is 2. The molecule has 0 aliphatic heterocycles. The van der Waals surface area contributed by atoms with E-state index in [2.05, 4.69) is 20.8 Å². The molecule has 1 aromatic heterocycles. The highest BCUT2D eigenvalue weighted by atomic mass is 19.1. The zero-order chi connectivity index (χ0) is 24.1. The Kier molecular flexibility index (Phi) is 6.60. The van der Waals surface area contributed by atoms with E-state index in [1.807, 2.05) is 30.5 Å². The number of halogens is 1. The lowest BCUT2D eigenvalue weighted by atomic mass is 9.74. The van der Waals surface area contributed by atoms with E-state index in [0.717, 1.165) is 47.8 Å². The maximum atomic E-state index is 14.8. The van der Waals surface area contributed by atoms with Gasteiger partial charge in [0.05, 0.1) is 16.8 Å². The number of fused-ring (bicyclic) bond motifs is 1. The summed E-state index contributed by atoms with van der Waals surface area (Å²) in [7, 11) is 1.89. The van der Waals surface area contributed by atoms with E-state index in [-0.39, 0.29) is 35.6 Å². The maximum Gasteiger partial charge on any atom is 0.223 e. The normalized spacial score (nSPS) is 26.7. The average molecular weight is 458 g/mol. The van der Waals surface area contributed by atoms with E-state index >= 15 is 0 Å². The van der Waals surface area contributed by atoms with Crippen molar-refractivity contribution >= 4 is 16.8 Å². The standard InChI is InChI=1S/C27H40FN3O2/c1-7-27(33)14-17(4)12-20(15-27)31(16(2)3)23(32)13-18(5)26-25-22(30(6)29-26)11-10-21(28)24(25)19-8-9-19/h10-11,16-20,33H,7-9,12-15H2,1-6H3. The molecule has 33 heavy (non-hydrogen) atoms. The first-order valence-corrected chi connectivity index (χ1v) is 12.7. The molecule has 5 nitrogen and oxygen atoms in total. The van der Waals surface area contributed by atoms with Crippen molar-refractivity contribution in [2.24, 2.45) is 13.0 Å². The second kappa shape index (κ2) is 9.01. The Morgan fingerprint density at radius 2 is 2.00 bits per heavy atom. The molecule has 0 saturated heterocycles. The van der Waals surface area contributed by atoms with Crippen molar-refractivity contribution in [1.29, 1.82) is 0 Å². The van der Waals surface area contributed by atoms with Crippen molar-refractivity contribution in [3.05, 3.63) is 29.2 Å². The Morgan fingerprint density at radius 3 is 2.61 bits per heavy atom. The number of benzene rings is 1. The SMILES string of the molecule is CCC1(O)CC(C)CC(N(C(=O)CC(C)c2nn(C)c3ccc(F)c(C4CC4)c23)C(C)C)C1. The summed E-state index contributed by atoms with van der Waals surface area (Å²) in [6, 6.07) is 3.45. The Hall–Kier alpha value is -1.95. The van der Waals surface area contributed by atoms with Crippen molar-refractivity contribution in [3.8, 4) is 0 Å². The first-order valence-electron chi connectivity index (χ1n) is 12.7. The minimum absolute atomic E-state index is 0.0401. The van der Waals surface area contributed by atoms with E-state index in [1.165, 1.54) is 0 Å². The van der Waals surface area contributed by atoms with Gasteiger partial charge in [-0.25, -0.2) is 4.39 Å². The van der Waals surface area contributed by atoms with Crippen molar-refractivity contribution in [1.82, 2.24) is 14.7 Å². The fourth-order valence-electron chi connectivity index (χ4n) is 6.18. The van der Waals surface area contributed by atoms with E-state index in [9.17, 15) is 14.3 Å². The van der Waals surface area contributed by atoms with Crippen LogP contribution in [0.4, 0.5) is 4.39 Å². The van der Waals surface area contributed by atoms with E-state index in [1.54, 1.807) is 12.1 Å². The van der Waals surface area contributed by atoms with E-state index in [4.69, 9.17) is 5.10 Å². The number of rotatable bonds is 7. The predicted octanol–water partition coefficient (Wildman–Crippen LogP) is 5.65. The number of carbonyl (C=O) groups is 1. The van der Waals surface area contributed by atoms with Gasteiger partial charge in [0.2, 0.25) is 5.91 Å². The molecule has 1 N–H and O–H groups in total. The Morgan fingerprint density at radius 1 is 1.30 bits per heavy atom. The molecule has 2 aromatic rings. The van der Waals surface area contributed by atoms with E-state index in [0.29, 0.717) is 25.2 Å². The van der Waals surface area contributed by atoms with Gasteiger partial charge >= 0.3 is 0 Å². The molecular formula is C27H40FN3O2. The predicted molar refractivity (Wildman–Crippen MR) is 130 cm³/mol. The zero-order valence-electron chi connectivity index (χ0n) is 21.1. The Bertz CT molecular complexity index is 1030. The number of nitrogens with zero attached hydrogens (tertiary/aromatic N) is 3. The number of amides is 1. The van der Waals surface area contributed by atoms with Gasteiger partial charge in [0, 0.05) is 42.4 Å². The van der Waals surface area contributed by atoms with Crippen LogP contribution < -0.4 is 0 Å². The van der Waals surface area contributed by atoms with Gasteiger partial charge in [-0.15, -0.1) is 0 Å². The second-order valence-electron chi connectivity index (χ2n) is 11.1. The molecule has 2 fully saturated rings. The lowest BCUT2D eigenvalue weighted by molar-refractivity contribution is -0.140. The number of hydrogen-bond donors (Lipinski definition) is 1. The topological polar surface area (TPSA) is 58.4 Å². The van der Waals surface area contributed by atoms with Crippen LogP contribution in [-0.2, 0) is 11.8 Å². The lowest BCUT2D eigenvalue weighted by Gasteiger charge is -2.46. The molecule has 2 saturated carbocycles. The monoisotopic (exact) mass is 457 g/mol. The minimum Gasteiger partial charge on any atom is -0.390 e. The third-order valence-corrected chi connectivity index (χ3v) is 7.88. The van der Waals surface area contributed by atoms with Crippen LogP contribution in [0.1, 0.15) is 103 Å². The molecule has 0 radical (unpaired) electrons.